The van der Waals surface area contributed by atoms with Gasteiger partial charge in [0.05, 0.1) is 5.75 Å². The SMILES string of the molecule is Cc1sc2nc(C3CC3)nc(SCC(=O)Nc3ccc4c(c3)OCO4)c2c1C. The minimum absolute atomic E-state index is 0.0757. The second-order valence-corrected chi connectivity index (χ2v) is 9.20. The Morgan fingerprint density at radius 2 is 2.07 bits per heavy atom. The number of anilines is 1. The first-order valence-electron chi connectivity index (χ1n) is 9.18. The van der Waals surface area contributed by atoms with Crippen molar-refractivity contribution in [2.45, 2.75) is 37.6 Å². The fourth-order valence-corrected chi connectivity index (χ4v) is 5.16. The molecule has 3 heterocycles. The normalized spacial score (nSPS) is 15.2. The topological polar surface area (TPSA) is 73.3 Å². The molecular formula is C20H19N3O3S2. The Bertz CT molecular complexity index is 1090. The zero-order chi connectivity index (χ0) is 19.3. The maximum Gasteiger partial charge on any atom is 0.234 e. The summed E-state index contributed by atoms with van der Waals surface area (Å²) >= 11 is 3.19. The van der Waals surface area contributed by atoms with E-state index in [2.05, 4.69) is 19.2 Å². The lowest BCUT2D eigenvalue weighted by Gasteiger charge is -2.08. The van der Waals surface area contributed by atoms with Gasteiger partial charge in [0, 0.05) is 27.9 Å². The largest absolute Gasteiger partial charge is 0.454 e. The Kier molecular flexibility index (Phi) is 4.40. The standard InChI is InChI=1S/C20H19N3O3S2/c1-10-11(2)28-20-17(10)19(22-18(23-20)12-3-4-12)27-8-16(24)21-13-5-6-14-15(7-13)26-9-25-14/h5-7,12H,3-4,8-9H2,1-2H3,(H,21,24). The van der Waals surface area contributed by atoms with E-state index in [1.54, 1.807) is 23.5 Å². The highest BCUT2D eigenvalue weighted by Gasteiger charge is 2.28. The average molecular weight is 414 g/mol. The van der Waals surface area contributed by atoms with Crippen LogP contribution in [0.1, 0.15) is 35.0 Å². The van der Waals surface area contributed by atoms with Crippen LogP contribution in [-0.4, -0.2) is 28.4 Å². The number of carbonyl (C=O) groups is 1. The van der Waals surface area contributed by atoms with Gasteiger partial charge in [-0.25, -0.2) is 9.97 Å². The number of benzene rings is 1. The van der Waals surface area contributed by atoms with E-state index >= 15 is 0 Å². The molecule has 0 saturated heterocycles. The van der Waals surface area contributed by atoms with Gasteiger partial charge in [-0.3, -0.25) is 4.79 Å². The zero-order valence-corrected chi connectivity index (χ0v) is 17.2. The summed E-state index contributed by atoms with van der Waals surface area (Å²) in [5.74, 6) is 2.97. The van der Waals surface area contributed by atoms with E-state index in [0.717, 1.165) is 33.9 Å². The molecule has 0 bridgehead atoms. The highest BCUT2D eigenvalue weighted by molar-refractivity contribution is 8.00. The minimum atomic E-state index is -0.0757. The molecule has 1 N–H and O–H groups in total. The van der Waals surface area contributed by atoms with Crippen molar-refractivity contribution in [1.82, 2.24) is 9.97 Å². The molecule has 1 amide bonds. The van der Waals surface area contributed by atoms with Crippen molar-refractivity contribution in [1.29, 1.82) is 0 Å². The van der Waals surface area contributed by atoms with Gasteiger partial charge in [-0.1, -0.05) is 11.8 Å². The van der Waals surface area contributed by atoms with Crippen LogP contribution in [0.25, 0.3) is 10.2 Å². The van der Waals surface area contributed by atoms with E-state index in [4.69, 9.17) is 19.4 Å². The Morgan fingerprint density at radius 1 is 1.25 bits per heavy atom. The van der Waals surface area contributed by atoms with E-state index in [-0.39, 0.29) is 12.7 Å². The molecule has 1 aliphatic heterocycles. The van der Waals surface area contributed by atoms with Crippen molar-refractivity contribution in [2.24, 2.45) is 0 Å². The lowest BCUT2D eigenvalue weighted by atomic mass is 10.2. The molecule has 1 saturated carbocycles. The van der Waals surface area contributed by atoms with Crippen LogP contribution in [0.15, 0.2) is 23.2 Å². The summed E-state index contributed by atoms with van der Waals surface area (Å²) < 4.78 is 10.7. The molecule has 5 rings (SSSR count). The third kappa shape index (κ3) is 3.31. The molecule has 6 nitrogen and oxygen atoms in total. The predicted molar refractivity (Wildman–Crippen MR) is 111 cm³/mol. The number of ether oxygens (including phenoxy) is 2. The molecule has 2 aromatic heterocycles. The van der Waals surface area contributed by atoms with E-state index < -0.39 is 0 Å². The highest BCUT2D eigenvalue weighted by Crippen LogP contribution is 2.42. The highest BCUT2D eigenvalue weighted by atomic mass is 32.2. The number of fused-ring (bicyclic) bond motifs is 2. The van der Waals surface area contributed by atoms with Gasteiger partial charge in [-0.2, -0.15) is 0 Å². The second kappa shape index (κ2) is 6.93. The second-order valence-electron chi connectivity index (χ2n) is 7.03. The van der Waals surface area contributed by atoms with Gasteiger partial charge >= 0.3 is 0 Å². The molecule has 0 radical (unpaired) electrons. The van der Waals surface area contributed by atoms with Crippen LogP contribution < -0.4 is 14.8 Å². The predicted octanol–water partition coefficient (Wildman–Crippen LogP) is 4.65. The summed E-state index contributed by atoms with van der Waals surface area (Å²) in [5.41, 5.74) is 1.91. The fourth-order valence-electron chi connectivity index (χ4n) is 3.16. The molecular weight excluding hydrogens is 394 g/mol. The number of aryl methyl sites for hydroxylation is 2. The third-order valence-electron chi connectivity index (χ3n) is 4.95. The van der Waals surface area contributed by atoms with Crippen LogP contribution in [-0.2, 0) is 4.79 Å². The maximum atomic E-state index is 12.5. The fraction of sp³-hybridized carbons (Fsp3) is 0.350. The molecule has 144 valence electrons. The van der Waals surface area contributed by atoms with Crippen molar-refractivity contribution in [2.75, 3.05) is 17.9 Å². The number of aromatic nitrogens is 2. The van der Waals surface area contributed by atoms with Crippen molar-refractivity contribution in [3.8, 4) is 11.5 Å². The van der Waals surface area contributed by atoms with Crippen LogP contribution in [0.2, 0.25) is 0 Å². The monoisotopic (exact) mass is 413 g/mol. The Hall–Kier alpha value is -2.32. The van der Waals surface area contributed by atoms with Crippen molar-refractivity contribution < 1.29 is 14.3 Å². The minimum Gasteiger partial charge on any atom is -0.454 e. The van der Waals surface area contributed by atoms with E-state index in [1.165, 1.54) is 22.2 Å². The smallest absolute Gasteiger partial charge is 0.234 e. The van der Waals surface area contributed by atoms with Gasteiger partial charge in [0.1, 0.15) is 15.7 Å². The number of hydrogen-bond donors (Lipinski definition) is 1. The van der Waals surface area contributed by atoms with E-state index in [1.807, 2.05) is 6.07 Å². The quantitative estimate of drug-likeness (QED) is 0.485. The summed E-state index contributed by atoms with van der Waals surface area (Å²) in [7, 11) is 0. The van der Waals surface area contributed by atoms with Gasteiger partial charge < -0.3 is 14.8 Å². The number of amides is 1. The molecule has 3 aromatic rings. The number of nitrogens with one attached hydrogen (secondary N) is 1. The van der Waals surface area contributed by atoms with Gasteiger partial charge in [0.15, 0.2) is 11.5 Å². The molecule has 0 atom stereocenters. The lowest BCUT2D eigenvalue weighted by molar-refractivity contribution is -0.113. The van der Waals surface area contributed by atoms with Crippen LogP contribution in [0.4, 0.5) is 5.69 Å². The third-order valence-corrected chi connectivity index (χ3v) is 7.03. The Morgan fingerprint density at radius 3 is 2.89 bits per heavy atom. The number of nitrogens with zero attached hydrogens (tertiary/aromatic N) is 2. The van der Waals surface area contributed by atoms with Crippen LogP contribution in [0.5, 0.6) is 11.5 Å². The van der Waals surface area contributed by atoms with Crippen molar-refractivity contribution in [3.63, 3.8) is 0 Å². The summed E-state index contributed by atoms with van der Waals surface area (Å²) in [4.78, 5) is 24.4. The lowest BCUT2D eigenvalue weighted by Crippen LogP contribution is -2.14. The number of thioether (sulfide) groups is 1. The number of rotatable bonds is 5. The number of hydrogen-bond acceptors (Lipinski definition) is 7. The van der Waals surface area contributed by atoms with Gasteiger partial charge in [-0.05, 0) is 44.4 Å². The molecule has 8 heteroatoms. The maximum absolute atomic E-state index is 12.5. The molecule has 0 spiro atoms. The van der Waals surface area contributed by atoms with Crippen molar-refractivity contribution in [3.05, 3.63) is 34.5 Å². The molecule has 1 aliphatic carbocycles. The van der Waals surface area contributed by atoms with Crippen LogP contribution in [0.3, 0.4) is 0 Å². The first kappa shape index (κ1) is 17.8. The van der Waals surface area contributed by atoms with Gasteiger partial charge in [0.25, 0.3) is 0 Å². The van der Waals surface area contributed by atoms with E-state index in [0.29, 0.717) is 28.9 Å². The molecule has 0 unspecified atom stereocenters. The molecule has 2 aliphatic rings. The Balaban J connectivity index is 1.34. The summed E-state index contributed by atoms with van der Waals surface area (Å²) in [6, 6.07) is 5.40. The zero-order valence-electron chi connectivity index (χ0n) is 15.6. The molecule has 28 heavy (non-hydrogen) atoms. The summed E-state index contributed by atoms with van der Waals surface area (Å²) in [6.45, 7) is 4.43. The summed E-state index contributed by atoms with van der Waals surface area (Å²) in [6.07, 6.45) is 2.31. The van der Waals surface area contributed by atoms with Crippen molar-refractivity contribution >= 4 is 44.9 Å². The van der Waals surface area contributed by atoms with Crippen LogP contribution >= 0.6 is 23.1 Å². The summed E-state index contributed by atoms with van der Waals surface area (Å²) in [5, 5.41) is 4.93. The van der Waals surface area contributed by atoms with Gasteiger partial charge in [0.2, 0.25) is 12.7 Å². The molecule has 1 aromatic carbocycles. The number of carbonyl (C=O) groups excluding carboxylic acids is 1. The van der Waals surface area contributed by atoms with E-state index in [9.17, 15) is 4.79 Å². The van der Waals surface area contributed by atoms with Gasteiger partial charge in [-0.15, -0.1) is 11.3 Å². The average Bonchev–Trinajstić information content (AvgIpc) is 3.36. The van der Waals surface area contributed by atoms with Crippen LogP contribution in [0, 0.1) is 13.8 Å². The molecule has 1 fully saturated rings. The number of thiophene rings is 1. The first-order chi connectivity index (χ1) is 13.6. The first-order valence-corrected chi connectivity index (χ1v) is 11.0. The Labute approximate surface area is 170 Å².